The van der Waals surface area contributed by atoms with E-state index in [1.54, 1.807) is 29.6 Å². The van der Waals surface area contributed by atoms with E-state index in [0.29, 0.717) is 28.2 Å². The molecule has 0 bridgehead atoms. The Morgan fingerprint density at radius 1 is 1.19 bits per heavy atom. The normalized spacial score (nSPS) is 11.7. The molecule has 0 radical (unpaired) electrons. The van der Waals surface area contributed by atoms with Gasteiger partial charge in [0.2, 0.25) is 0 Å². The van der Waals surface area contributed by atoms with Gasteiger partial charge in [-0.3, -0.25) is 9.10 Å². The number of hydrogen-bond donors (Lipinski definition) is 1. The molecule has 10 heteroatoms. The van der Waals surface area contributed by atoms with Crippen LogP contribution >= 0.6 is 22.7 Å². The minimum atomic E-state index is -3.64. The molecular formula is C16H12N4O3S3. The number of aldehydes is 1. The molecule has 0 saturated carbocycles. The van der Waals surface area contributed by atoms with Crippen LogP contribution in [0.2, 0.25) is 0 Å². The van der Waals surface area contributed by atoms with Gasteiger partial charge in [-0.2, -0.15) is 0 Å². The van der Waals surface area contributed by atoms with Gasteiger partial charge in [-0.25, -0.2) is 8.42 Å². The molecule has 0 aliphatic rings. The van der Waals surface area contributed by atoms with Crippen molar-refractivity contribution in [1.29, 1.82) is 0 Å². The lowest BCUT2D eigenvalue weighted by atomic mass is 10.2. The molecule has 3 heterocycles. The average Bonchev–Trinajstić information content (AvgIpc) is 3.39. The summed E-state index contributed by atoms with van der Waals surface area (Å²) in [5, 5.41) is 11.2. The Hall–Kier alpha value is -2.56. The van der Waals surface area contributed by atoms with Gasteiger partial charge < -0.3 is 4.98 Å². The first-order chi connectivity index (χ1) is 12.5. The van der Waals surface area contributed by atoms with Crippen LogP contribution in [0.1, 0.15) is 9.80 Å². The smallest absolute Gasteiger partial charge is 0.273 e. The van der Waals surface area contributed by atoms with Gasteiger partial charge in [0, 0.05) is 12.4 Å². The van der Waals surface area contributed by atoms with E-state index in [1.165, 1.54) is 34.0 Å². The first-order valence-corrected chi connectivity index (χ1v) is 10.6. The fourth-order valence-corrected chi connectivity index (χ4v) is 5.58. The molecule has 26 heavy (non-hydrogen) atoms. The van der Waals surface area contributed by atoms with Crippen molar-refractivity contribution in [1.82, 2.24) is 15.2 Å². The van der Waals surface area contributed by atoms with Gasteiger partial charge in [0.15, 0.2) is 16.3 Å². The predicted molar refractivity (Wildman–Crippen MR) is 102 cm³/mol. The molecule has 0 saturated heterocycles. The Balaban J connectivity index is 1.82. The van der Waals surface area contributed by atoms with E-state index in [9.17, 15) is 13.2 Å². The second-order valence-corrected chi connectivity index (χ2v) is 9.55. The minimum absolute atomic E-state index is 0.281. The second-order valence-electron chi connectivity index (χ2n) is 5.39. The molecule has 0 spiro atoms. The number of carbonyl (C=O) groups is 1. The highest BCUT2D eigenvalue weighted by molar-refractivity contribution is 7.94. The van der Waals surface area contributed by atoms with Crippen LogP contribution in [0.3, 0.4) is 0 Å². The number of aromatic nitrogens is 3. The van der Waals surface area contributed by atoms with E-state index in [2.05, 4.69) is 15.2 Å². The highest BCUT2D eigenvalue weighted by Crippen LogP contribution is 2.34. The van der Waals surface area contributed by atoms with Crippen molar-refractivity contribution >= 4 is 55.6 Å². The number of H-pyrrole nitrogens is 1. The fourth-order valence-electron chi connectivity index (χ4n) is 2.58. The van der Waals surface area contributed by atoms with Gasteiger partial charge in [-0.05, 0) is 23.6 Å². The third kappa shape index (κ3) is 2.71. The van der Waals surface area contributed by atoms with Gasteiger partial charge in [-0.15, -0.1) is 21.5 Å². The van der Waals surface area contributed by atoms with Crippen molar-refractivity contribution in [3.05, 3.63) is 46.8 Å². The standard InChI is InChI=1S/C16H12N4O3S3/c1-20(26(22,23)14-6-3-7-24-14)12-5-2-4-10-8-11(17-15(10)12)16-19-18-13(9-21)25-16/h2-9,17H,1H3. The largest absolute Gasteiger partial charge is 0.351 e. The predicted octanol–water partition coefficient (Wildman–Crippen LogP) is 3.39. The molecular weight excluding hydrogens is 392 g/mol. The van der Waals surface area contributed by atoms with Crippen LogP contribution in [0.4, 0.5) is 5.69 Å². The molecule has 132 valence electrons. The van der Waals surface area contributed by atoms with Crippen LogP contribution in [-0.2, 0) is 10.0 Å². The number of rotatable bonds is 5. The molecule has 1 aromatic carbocycles. The summed E-state index contributed by atoms with van der Waals surface area (Å²) in [6, 6.07) is 10.6. The van der Waals surface area contributed by atoms with Crippen LogP contribution in [0.15, 0.2) is 46.0 Å². The van der Waals surface area contributed by atoms with Crippen LogP contribution in [0.25, 0.3) is 21.6 Å². The van der Waals surface area contributed by atoms with E-state index < -0.39 is 10.0 Å². The number of nitrogens with one attached hydrogen (secondary N) is 1. The number of carbonyl (C=O) groups excluding carboxylic acids is 1. The molecule has 4 aromatic rings. The summed E-state index contributed by atoms with van der Waals surface area (Å²) in [6.45, 7) is 0. The molecule has 0 atom stereocenters. The first-order valence-electron chi connectivity index (χ1n) is 7.44. The van der Waals surface area contributed by atoms with Crippen molar-refractivity contribution in [2.45, 2.75) is 4.21 Å². The third-order valence-electron chi connectivity index (χ3n) is 3.86. The number of nitrogens with zero attached hydrogens (tertiary/aromatic N) is 3. The molecule has 1 N–H and O–H groups in total. The highest BCUT2D eigenvalue weighted by atomic mass is 32.2. The van der Waals surface area contributed by atoms with Crippen molar-refractivity contribution in [2.24, 2.45) is 0 Å². The van der Waals surface area contributed by atoms with Gasteiger partial charge in [0.1, 0.15) is 4.21 Å². The van der Waals surface area contributed by atoms with E-state index in [4.69, 9.17) is 0 Å². The minimum Gasteiger partial charge on any atom is -0.351 e. The summed E-state index contributed by atoms with van der Waals surface area (Å²) in [6.07, 6.45) is 0.649. The molecule has 0 unspecified atom stereocenters. The third-order valence-corrected chi connectivity index (χ3v) is 7.88. The molecule has 0 aliphatic carbocycles. The molecule has 3 aromatic heterocycles. The van der Waals surface area contributed by atoms with Crippen molar-refractivity contribution in [3.8, 4) is 10.7 Å². The molecule has 0 fully saturated rings. The lowest BCUT2D eigenvalue weighted by Gasteiger charge is -2.19. The molecule has 4 rings (SSSR count). The summed E-state index contributed by atoms with van der Waals surface area (Å²) in [5.74, 6) is 0. The number of para-hydroxylation sites is 1. The van der Waals surface area contributed by atoms with Crippen LogP contribution < -0.4 is 4.31 Å². The topological polar surface area (TPSA) is 96.0 Å². The van der Waals surface area contributed by atoms with E-state index >= 15 is 0 Å². The van der Waals surface area contributed by atoms with Gasteiger partial charge in [0.25, 0.3) is 10.0 Å². The fraction of sp³-hybridized carbons (Fsp3) is 0.0625. The number of aromatic amines is 1. The zero-order valence-electron chi connectivity index (χ0n) is 13.4. The van der Waals surface area contributed by atoms with Gasteiger partial charge in [0.05, 0.1) is 16.9 Å². The average molecular weight is 404 g/mol. The van der Waals surface area contributed by atoms with Crippen LogP contribution in [-0.4, -0.2) is 36.9 Å². The van der Waals surface area contributed by atoms with Crippen molar-refractivity contribution < 1.29 is 13.2 Å². The first kappa shape index (κ1) is 16.9. The molecule has 0 aliphatic heterocycles. The summed E-state index contributed by atoms with van der Waals surface area (Å²) < 4.78 is 27.2. The quantitative estimate of drug-likeness (QED) is 0.514. The van der Waals surface area contributed by atoms with Crippen molar-refractivity contribution in [3.63, 3.8) is 0 Å². The van der Waals surface area contributed by atoms with Crippen molar-refractivity contribution in [2.75, 3.05) is 11.4 Å². The maximum absolute atomic E-state index is 12.8. The van der Waals surface area contributed by atoms with E-state index in [1.807, 2.05) is 12.1 Å². The van der Waals surface area contributed by atoms with Gasteiger partial charge >= 0.3 is 0 Å². The Kier molecular flexibility index (Phi) is 4.10. The SMILES string of the molecule is CN(c1cccc2cc(-c3nnc(C=O)s3)[nH]c12)S(=O)(=O)c1cccs1. The second kappa shape index (κ2) is 6.31. The highest BCUT2D eigenvalue weighted by Gasteiger charge is 2.24. The Labute approximate surface area is 157 Å². The summed E-state index contributed by atoms with van der Waals surface area (Å²) in [4.78, 5) is 14.0. The summed E-state index contributed by atoms with van der Waals surface area (Å²) in [5.41, 5.74) is 1.88. The lowest BCUT2D eigenvalue weighted by Crippen LogP contribution is -2.26. The Morgan fingerprint density at radius 2 is 2.04 bits per heavy atom. The zero-order chi connectivity index (χ0) is 18.3. The van der Waals surface area contributed by atoms with Crippen LogP contribution in [0.5, 0.6) is 0 Å². The maximum Gasteiger partial charge on any atom is 0.273 e. The lowest BCUT2D eigenvalue weighted by molar-refractivity contribution is 0.112. The number of fused-ring (bicyclic) bond motifs is 1. The van der Waals surface area contributed by atoms with E-state index in [-0.39, 0.29) is 9.22 Å². The number of sulfonamides is 1. The number of anilines is 1. The number of thiophene rings is 1. The van der Waals surface area contributed by atoms with Crippen LogP contribution in [0, 0.1) is 0 Å². The van der Waals surface area contributed by atoms with Gasteiger partial charge in [-0.1, -0.05) is 29.5 Å². The monoisotopic (exact) mass is 404 g/mol. The number of benzene rings is 1. The summed E-state index contributed by atoms with van der Waals surface area (Å²) >= 11 is 2.34. The Morgan fingerprint density at radius 3 is 2.73 bits per heavy atom. The van der Waals surface area contributed by atoms with E-state index in [0.717, 1.165) is 5.39 Å². The Bertz CT molecular complexity index is 1190. The molecule has 7 nitrogen and oxygen atoms in total. The molecule has 0 amide bonds. The number of hydrogen-bond acceptors (Lipinski definition) is 7. The zero-order valence-corrected chi connectivity index (χ0v) is 15.9. The maximum atomic E-state index is 12.8. The summed E-state index contributed by atoms with van der Waals surface area (Å²) in [7, 11) is -2.11.